The number of hydrogen-bond donors (Lipinski definition) is 1. The minimum atomic E-state index is -3.57. The molecule has 7 nitrogen and oxygen atoms in total. The average molecular weight is 389 g/mol. The highest BCUT2D eigenvalue weighted by atomic mass is 32.2. The minimum Gasteiger partial charge on any atom is -0.497 e. The molecule has 8 heteroatoms. The second kappa shape index (κ2) is 7.98. The van der Waals surface area contributed by atoms with Crippen LogP contribution in [0.25, 0.3) is 0 Å². The molecule has 0 spiro atoms. The Kier molecular flexibility index (Phi) is 5.67. The summed E-state index contributed by atoms with van der Waals surface area (Å²) in [6.07, 6.45) is 0. The summed E-state index contributed by atoms with van der Waals surface area (Å²) >= 11 is 0. The molecule has 0 bridgehead atoms. The van der Waals surface area contributed by atoms with Crippen LogP contribution in [-0.2, 0) is 10.0 Å². The maximum absolute atomic E-state index is 12.8. The molecule has 1 saturated heterocycles. The van der Waals surface area contributed by atoms with Crippen LogP contribution in [0, 0.1) is 0 Å². The zero-order chi connectivity index (χ0) is 19.4. The molecule has 27 heavy (non-hydrogen) atoms. The molecule has 0 aromatic heterocycles. The van der Waals surface area contributed by atoms with E-state index in [9.17, 15) is 13.2 Å². The fraction of sp³-hybridized carbons (Fsp3) is 0.316. The molecule has 1 aliphatic rings. The summed E-state index contributed by atoms with van der Waals surface area (Å²) in [5.41, 5.74) is 1.47. The summed E-state index contributed by atoms with van der Waals surface area (Å²) in [7, 11) is -0.590. The van der Waals surface area contributed by atoms with Crippen molar-refractivity contribution in [1.82, 2.24) is 9.62 Å². The molecule has 0 saturated carbocycles. The van der Waals surface area contributed by atoms with Crippen LogP contribution in [-0.4, -0.2) is 59.6 Å². The van der Waals surface area contributed by atoms with Gasteiger partial charge in [0.2, 0.25) is 10.0 Å². The Morgan fingerprint density at radius 2 is 1.70 bits per heavy atom. The minimum absolute atomic E-state index is 0.0905. The number of nitrogens with zero attached hydrogens (tertiary/aromatic N) is 2. The van der Waals surface area contributed by atoms with Crippen molar-refractivity contribution in [3.63, 3.8) is 0 Å². The van der Waals surface area contributed by atoms with Crippen LogP contribution in [0.1, 0.15) is 10.4 Å². The Balaban J connectivity index is 1.67. The average Bonchev–Trinajstić information content (AvgIpc) is 2.73. The molecule has 0 radical (unpaired) electrons. The molecular weight excluding hydrogens is 366 g/mol. The number of sulfonamides is 1. The molecule has 3 rings (SSSR count). The van der Waals surface area contributed by atoms with E-state index < -0.39 is 10.0 Å². The van der Waals surface area contributed by atoms with Gasteiger partial charge in [0, 0.05) is 37.4 Å². The monoisotopic (exact) mass is 389 g/mol. The van der Waals surface area contributed by atoms with Crippen molar-refractivity contribution in [2.45, 2.75) is 4.90 Å². The van der Waals surface area contributed by atoms with E-state index in [0.29, 0.717) is 31.7 Å². The standard InChI is InChI=1S/C19H23N3O4S/c1-20-27(24,25)18-5-3-4-15(14-18)19(23)22-12-10-21(11-13-22)16-6-8-17(26-2)9-7-16/h3-9,14,20H,10-13H2,1-2H3. The fourth-order valence-corrected chi connectivity index (χ4v) is 3.83. The molecule has 1 N–H and O–H groups in total. The van der Waals surface area contributed by atoms with Gasteiger partial charge in [-0.15, -0.1) is 0 Å². The summed E-state index contributed by atoms with van der Waals surface area (Å²) in [6, 6.07) is 14.0. The van der Waals surface area contributed by atoms with E-state index in [1.54, 1.807) is 24.1 Å². The highest BCUT2D eigenvalue weighted by Gasteiger charge is 2.23. The van der Waals surface area contributed by atoms with Crippen LogP contribution in [0.15, 0.2) is 53.4 Å². The van der Waals surface area contributed by atoms with Crippen LogP contribution in [0.4, 0.5) is 5.69 Å². The zero-order valence-electron chi connectivity index (χ0n) is 15.4. The van der Waals surface area contributed by atoms with E-state index in [2.05, 4.69) is 9.62 Å². The lowest BCUT2D eigenvalue weighted by atomic mass is 10.1. The van der Waals surface area contributed by atoms with Crippen LogP contribution >= 0.6 is 0 Å². The summed E-state index contributed by atoms with van der Waals surface area (Å²) in [5, 5.41) is 0. The van der Waals surface area contributed by atoms with Gasteiger partial charge < -0.3 is 14.5 Å². The number of carbonyl (C=O) groups excluding carboxylic acids is 1. The number of amides is 1. The number of anilines is 1. The number of benzene rings is 2. The number of ether oxygens (including phenoxy) is 1. The molecule has 144 valence electrons. The molecule has 1 aliphatic heterocycles. The Morgan fingerprint density at radius 1 is 1.04 bits per heavy atom. The van der Waals surface area contributed by atoms with Gasteiger partial charge in [0.1, 0.15) is 5.75 Å². The van der Waals surface area contributed by atoms with Crippen molar-refractivity contribution in [2.24, 2.45) is 0 Å². The van der Waals surface area contributed by atoms with Gasteiger partial charge in [0.05, 0.1) is 12.0 Å². The topological polar surface area (TPSA) is 79.0 Å². The van der Waals surface area contributed by atoms with Gasteiger partial charge in [-0.25, -0.2) is 13.1 Å². The Labute approximate surface area is 159 Å². The smallest absolute Gasteiger partial charge is 0.254 e. The molecule has 0 unspecified atom stereocenters. The van der Waals surface area contributed by atoms with E-state index in [-0.39, 0.29) is 10.8 Å². The molecule has 1 heterocycles. The summed E-state index contributed by atoms with van der Waals surface area (Å²) in [6.45, 7) is 2.58. The van der Waals surface area contributed by atoms with Gasteiger partial charge in [0.25, 0.3) is 5.91 Å². The van der Waals surface area contributed by atoms with E-state index in [1.807, 2.05) is 24.3 Å². The Morgan fingerprint density at radius 3 is 2.30 bits per heavy atom. The first-order valence-electron chi connectivity index (χ1n) is 8.66. The second-order valence-electron chi connectivity index (χ2n) is 6.21. The van der Waals surface area contributed by atoms with Crippen LogP contribution in [0.3, 0.4) is 0 Å². The third-order valence-electron chi connectivity index (χ3n) is 4.66. The largest absolute Gasteiger partial charge is 0.497 e. The third-order valence-corrected chi connectivity index (χ3v) is 6.08. The number of methoxy groups -OCH3 is 1. The first-order chi connectivity index (χ1) is 12.9. The molecule has 2 aromatic rings. The Bertz CT molecular complexity index is 905. The predicted molar refractivity (Wildman–Crippen MR) is 104 cm³/mol. The lowest BCUT2D eigenvalue weighted by Gasteiger charge is -2.36. The second-order valence-corrected chi connectivity index (χ2v) is 8.10. The lowest BCUT2D eigenvalue weighted by Crippen LogP contribution is -2.48. The number of rotatable bonds is 5. The van der Waals surface area contributed by atoms with Gasteiger partial charge in [-0.2, -0.15) is 0 Å². The Hall–Kier alpha value is -2.58. The van der Waals surface area contributed by atoms with Crippen LogP contribution < -0.4 is 14.4 Å². The van der Waals surface area contributed by atoms with Crippen LogP contribution in [0.2, 0.25) is 0 Å². The predicted octanol–water partition coefficient (Wildman–Crippen LogP) is 1.57. The van der Waals surface area contributed by atoms with Crippen molar-refractivity contribution in [3.8, 4) is 5.75 Å². The fourth-order valence-electron chi connectivity index (χ4n) is 3.06. The van der Waals surface area contributed by atoms with Gasteiger partial charge in [-0.1, -0.05) is 6.07 Å². The van der Waals surface area contributed by atoms with E-state index in [0.717, 1.165) is 11.4 Å². The van der Waals surface area contributed by atoms with Crippen molar-refractivity contribution < 1.29 is 17.9 Å². The summed E-state index contributed by atoms with van der Waals surface area (Å²) in [4.78, 5) is 16.8. The molecule has 2 aromatic carbocycles. The quantitative estimate of drug-likeness (QED) is 0.840. The molecular formula is C19H23N3O4S. The van der Waals surface area contributed by atoms with Crippen molar-refractivity contribution in [2.75, 3.05) is 45.2 Å². The van der Waals surface area contributed by atoms with E-state index >= 15 is 0 Å². The normalized spacial score (nSPS) is 14.9. The van der Waals surface area contributed by atoms with Gasteiger partial charge in [-0.3, -0.25) is 4.79 Å². The van der Waals surface area contributed by atoms with Crippen molar-refractivity contribution in [3.05, 3.63) is 54.1 Å². The van der Waals surface area contributed by atoms with Gasteiger partial charge in [-0.05, 0) is 49.5 Å². The first kappa shape index (κ1) is 19.2. The molecule has 1 amide bonds. The zero-order valence-corrected chi connectivity index (χ0v) is 16.2. The molecule has 1 fully saturated rings. The maximum atomic E-state index is 12.8. The van der Waals surface area contributed by atoms with Gasteiger partial charge >= 0.3 is 0 Å². The highest BCUT2D eigenvalue weighted by Crippen LogP contribution is 2.21. The van der Waals surface area contributed by atoms with Crippen molar-refractivity contribution >= 4 is 21.6 Å². The summed E-state index contributed by atoms with van der Waals surface area (Å²) in [5.74, 6) is 0.654. The molecule has 0 atom stereocenters. The number of hydrogen-bond acceptors (Lipinski definition) is 5. The highest BCUT2D eigenvalue weighted by molar-refractivity contribution is 7.89. The number of carbonyl (C=O) groups is 1. The lowest BCUT2D eigenvalue weighted by molar-refractivity contribution is 0.0746. The van der Waals surface area contributed by atoms with Crippen LogP contribution in [0.5, 0.6) is 5.75 Å². The third kappa shape index (κ3) is 4.23. The van der Waals surface area contributed by atoms with Gasteiger partial charge in [0.15, 0.2) is 0 Å². The summed E-state index contributed by atoms with van der Waals surface area (Å²) < 4.78 is 31.3. The number of nitrogens with one attached hydrogen (secondary N) is 1. The number of piperazine rings is 1. The maximum Gasteiger partial charge on any atom is 0.254 e. The SMILES string of the molecule is CNS(=O)(=O)c1cccc(C(=O)N2CCN(c3ccc(OC)cc3)CC2)c1. The first-order valence-corrected chi connectivity index (χ1v) is 10.1. The van der Waals surface area contributed by atoms with Crippen molar-refractivity contribution in [1.29, 1.82) is 0 Å². The van der Waals surface area contributed by atoms with E-state index in [4.69, 9.17) is 4.74 Å². The molecule has 0 aliphatic carbocycles. The van der Waals surface area contributed by atoms with E-state index in [1.165, 1.54) is 19.2 Å².